The van der Waals surface area contributed by atoms with E-state index in [1.54, 1.807) is 6.92 Å². The first-order chi connectivity index (χ1) is 7.54. The van der Waals surface area contributed by atoms with Gasteiger partial charge in [-0.05, 0) is 37.1 Å². The number of rotatable bonds is 4. The van der Waals surface area contributed by atoms with Gasteiger partial charge in [-0.25, -0.2) is 0 Å². The van der Waals surface area contributed by atoms with Crippen LogP contribution < -0.4 is 5.73 Å². The second-order valence-corrected chi connectivity index (χ2v) is 4.53. The third-order valence-corrected chi connectivity index (χ3v) is 2.82. The van der Waals surface area contributed by atoms with Gasteiger partial charge < -0.3 is 10.5 Å². The van der Waals surface area contributed by atoms with E-state index in [0.717, 1.165) is 15.6 Å². The molecule has 0 spiro atoms. The summed E-state index contributed by atoms with van der Waals surface area (Å²) < 4.78 is 5.88. The molecule has 0 aromatic heterocycles. The third-order valence-electron chi connectivity index (χ3n) is 2.32. The highest BCUT2D eigenvalue weighted by Gasteiger charge is 2.14. The van der Waals surface area contributed by atoms with Crippen molar-refractivity contribution in [3.63, 3.8) is 0 Å². The summed E-state index contributed by atoms with van der Waals surface area (Å²) in [6.07, 6.45) is 0.219. The van der Waals surface area contributed by atoms with Crippen LogP contribution in [0.1, 0.15) is 30.5 Å². The molecule has 0 amide bonds. The highest BCUT2D eigenvalue weighted by Crippen LogP contribution is 2.22. The van der Waals surface area contributed by atoms with E-state index in [0.29, 0.717) is 6.61 Å². The van der Waals surface area contributed by atoms with Gasteiger partial charge in [0.05, 0.1) is 13.0 Å². The molecule has 1 unspecified atom stereocenters. The van der Waals surface area contributed by atoms with Crippen LogP contribution in [0, 0.1) is 6.92 Å². The number of halogens is 1. The predicted octanol–water partition coefficient (Wildman–Crippen LogP) is 2.71. The van der Waals surface area contributed by atoms with Crippen molar-refractivity contribution >= 4 is 21.9 Å². The largest absolute Gasteiger partial charge is 0.466 e. The fourth-order valence-electron chi connectivity index (χ4n) is 1.56. The molecule has 0 aliphatic heterocycles. The van der Waals surface area contributed by atoms with Crippen molar-refractivity contribution < 1.29 is 9.53 Å². The number of nitrogens with two attached hydrogens (primary N) is 1. The van der Waals surface area contributed by atoms with Crippen LogP contribution in [0.4, 0.5) is 0 Å². The van der Waals surface area contributed by atoms with Crippen LogP contribution in [-0.4, -0.2) is 12.6 Å². The van der Waals surface area contributed by atoms with Gasteiger partial charge in [0.15, 0.2) is 0 Å². The molecule has 88 valence electrons. The smallest absolute Gasteiger partial charge is 0.307 e. The van der Waals surface area contributed by atoms with Crippen LogP contribution in [0.2, 0.25) is 0 Å². The van der Waals surface area contributed by atoms with E-state index in [4.69, 9.17) is 10.5 Å². The van der Waals surface area contributed by atoms with Gasteiger partial charge in [0.25, 0.3) is 0 Å². The maximum atomic E-state index is 11.3. The van der Waals surface area contributed by atoms with Gasteiger partial charge in [-0.2, -0.15) is 0 Å². The number of carbonyl (C=O) groups is 1. The minimum Gasteiger partial charge on any atom is -0.466 e. The summed E-state index contributed by atoms with van der Waals surface area (Å²) in [4.78, 5) is 11.3. The molecule has 0 heterocycles. The molecule has 0 saturated carbocycles. The maximum Gasteiger partial charge on any atom is 0.307 e. The van der Waals surface area contributed by atoms with Crippen LogP contribution in [0.15, 0.2) is 22.7 Å². The fraction of sp³-hybridized carbons (Fsp3) is 0.417. The fourth-order valence-corrected chi connectivity index (χ4v) is 2.04. The Hall–Kier alpha value is -0.870. The standard InChI is InChI=1S/C12H16BrNO2/c1-3-16-12(15)7-11(14)10-5-4-9(13)6-8(10)2/h4-6,11H,3,7,14H2,1-2H3. The summed E-state index contributed by atoms with van der Waals surface area (Å²) >= 11 is 3.39. The van der Waals surface area contributed by atoms with Gasteiger partial charge in [0, 0.05) is 10.5 Å². The van der Waals surface area contributed by atoms with Gasteiger partial charge in [0.1, 0.15) is 0 Å². The number of hydrogen-bond acceptors (Lipinski definition) is 3. The van der Waals surface area contributed by atoms with Crippen molar-refractivity contribution in [1.29, 1.82) is 0 Å². The van der Waals surface area contributed by atoms with Gasteiger partial charge in [0.2, 0.25) is 0 Å². The van der Waals surface area contributed by atoms with Crippen molar-refractivity contribution in [2.45, 2.75) is 26.3 Å². The Morgan fingerprint density at radius 1 is 1.56 bits per heavy atom. The first-order valence-electron chi connectivity index (χ1n) is 5.21. The number of carbonyl (C=O) groups excluding carboxylic acids is 1. The zero-order valence-corrected chi connectivity index (χ0v) is 11.1. The topological polar surface area (TPSA) is 52.3 Å². The summed E-state index contributed by atoms with van der Waals surface area (Å²) in [7, 11) is 0. The first kappa shape index (κ1) is 13.2. The number of hydrogen-bond donors (Lipinski definition) is 1. The van der Waals surface area contributed by atoms with Crippen LogP contribution in [0.25, 0.3) is 0 Å². The summed E-state index contributed by atoms with van der Waals surface area (Å²) in [5.74, 6) is -0.252. The second-order valence-electron chi connectivity index (χ2n) is 3.62. The summed E-state index contributed by atoms with van der Waals surface area (Å²) in [5.41, 5.74) is 8.02. The van der Waals surface area contributed by atoms with Crippen LogP contribution in [0.3, 0.4) is 0 Å². The van der Waals surface area contributed by atoms with Crippen LogP contribution in [-0.2, 0) is 9.53 Å². The average Bonchev–Trinajstić information content (AvgIpc) is 2.17. The Balaban J connectivity index is 2.72. The number of esters is 1. The Labute approximate surface area is 104 Å². The average molecular weight is 286 g/mol. The highest BCUT2D eigenvalue weighted by molar-refractivity contribution is 9.10. The summed E-state index contributed by atoms with van der Waals surface area (Å²) in [6.45, 7) is 4.16. The van der Waals surface area contributed by atoms with Gasteiger partial charge in [-0.15, -0.1) is 0 Å². The van der Waals surface area contributed by atoms with Crippen molar-refractivity contribution in [3.05, 3.63) is 33.8 Å². The van der Waals surface area contributed by atoms with E-state index in [-0.39, 0.29) is 18.4 Å². The molecule has 1 aromatic rings. The number of benzene rings is 1. The SMILES string of the molecule is CCOC(=O)CC(N)c1ccc(Br)cc1C. The van der Waals surface area contributed by atoms with E-state index < -0.39 is 0 Å². The normalized spacial score (nSPS) is 12.2. The molecule has 4 heteroatoms. The Kier molecular flexibility index (Phi) is 4.96. The predicted molar refractivity (Wildman–Crippen MR) is 67.1 cm³/mol. The lowest BCUT2D eigenvalue weighted by Crippen LogP contribution is -2.18. The van der Waals surface area contributed by atoms with E-state index in [1.807, 2.05) is 25.1 Å². The Morgan fingerprint density at radius 3 is 2.81 bits per heavy atom. The molecule has 1 aromatic carbocycles. The molecule has 0 saturated heterocycles. The van der Waals surface area contributed by atoms with Crippen molar-refractivity contribution in [2.75, 3.05) is 6.61 Å². The molecular weight excluding hydrogens is 270 g/mol. The van der Waals surface area contributed by atoms with Gasteiger partial charge in [-0.1, -0.05) is 22.0 Å². The lowest BCUT2D eigenvalue weighted by molar-refractivity contribution is -0.143. The molecular formula is C12H16BrNO2. The zero-order valence-electron chi connectivity index (χ0n) is 9.50. The minimum atomic E-state index is -0.299. The second kappa shape index (κ2) is 6.01. The van der Waals surface area contributed by atoms with Gasteiger partial charge >= 0.3 is 5.97 Å². The number of ether oxygens (including phenoxy) is 1. The molecule has 0 bridgehead atoms. The third kappa shape index (κ3) is 3.61. The molecule has 2 N–H and O–H groups in total. The first-order valence-corrected chi connectivity index (χ1v) is 6.01. The van der Waals surface area contributed by atoms with E-state index in [2.05, 4.69) is 15.9 Å². The lowest BCUT2D eigenvalue weighted by Gasteiger charge is -2.14. The molecule has 3 nitrogen and oxygen atoms in total. The minimum absolute atomic E-state index is 0.219. The van der Waals surface area contributed by atoms with Gasteiger partial charge in [-0.3, -0.25) is 4.79 Å². The Morgan fingerprint density at radius 2 is 2.25 bits per heavy atom. The molecule has 0 radical (unpaired) electrons. The molecule has 16 heavy (non-hydrogen) atoms. The van der Waals surface area contributed by atoms with E-state index in [9.17, 15) is 4.79 Å². The molecule has 1 rings (SSSR count). The maximum absolute atomic E-state index is 11.3. The number of aryl methyl sites for hydroxylation is 1. The van der Waals surface area contributed by atoms with Crippen molar-refractivity contribution in [2.24, 2.45) is 5.73 Å². The Bertz CT molecular complexity index is 379. The molecule has 1 atom stereocenters. The van der Waals surface area contributed by atoms with E-state index >= 15 is 0 Å². The molecule has 0 aliphatic rings. The quantitative estimate of drug-likeness (QED) is 0.866. The summed E-state index contributed by atoms with van der Waals surface area (Å²) in [6, 6.07) is 5.55. The summed E-state index contributed by atoms with van der Waals surface area (Å²) in [5, 5.41) is 0. The van der Waals surface area contributed by atoms with Crippen LogP contribution >= 0.6 is 15.9 Å². The van der Waals surface area contributed by atoms with Crippen molar-refractivity contribution in [3.8, 4) is 0 Å². The van der Waals surface area contributed by atoms with Crippen LogP contribution in [0.5, 0.6) is 0 Å². The van der Waals surface area contributed by atoms with E-state index in [1.165, 1.54) is 0 Å². The lowest BCUT2D eigenvalue weighted by atomic mass is 10.00. The monoisotopic (exact) mass is 285 g/mol. The molecule has 0 aliphatic carbocycles. The highest BCUT2D eigenvalue weighted by atomic mass is 79.9. The van der Waals surface area contributed by atoms with Crippen molar-refractivity contribution in [1.82, 2.24) is 0 Å². The zero-order chi connectivity index (χ0) is 12.1. The molecule has 0 fully saturated rings.